The summed E-state index contributed by atoms with van der Waals surface area (Å²) >= 11 is 0. The van der Waals surface area contributed by atoms with Crippen molar-refractivity contribution in [3.05, 3.63) is 23.8 Å². The second kappa shape index (κ2) is 7.56. The summed E-state index contributed by atoms with van der Waals surface area (Å²) in [4.78, 5) is 16.1. The summed E-state index contributed by atoms with van der Waals surface area (Å²) < 4.78 is 28.6. The topological polar surface area (TPSA) is 47.6 Å². The molecule has 0 radical (unpaired) electrons. The standard InChI is InChI=1S/C18H26F2N4O/c1-12(2)24-8-5-13(11-24)21-18(25)22-14-9-15(19)17(16(20)10-14)23-6-3-4-7-23/h9-10,12-13H,3-8,11H2,1-2H3,(H2,21,22,25)/t13-/m1/s1. The Morgan fingerprint density at radius 3 is 2.36 bits per heavy atom. The Bertz CT molecular complexity index is 608. The van der Waals surface area contributed by atoms with Gasteiger partial charge in [-0.3, -0.25) is 4.90 Å². The van der Waals surface area contributed by atoms with Crippen LogP contribution < -0.4 is 15.5 Å². The van der Waals surface area contributed by atoms with E-state index in [4.69, 9.17) is 0 Å². The van der Waals surface area contributed by atoms with E-state index in [1.807, 2.05) is 0 Å². The number of carbonyl (C=O) groups is 1. The molecule has 0 spiro atoms. The number of hydrogen-bond donors (Lipinski definition) is 2. The first-order valence-corrected chi connectivity index (χ1v) is 8.99. The molecule has 1 atom stereocenters. The van der Waals surface area contributed by atoms with E-state index < -0.39 is 17.7 Å². The van der Waals surface area contributed by atoms with E-state index in [0.717, 1.165) is 32.4 Å². The van der Waals surface area contributed by atoms with Gasteiger partial charge in [0.1, 0.15) is 5.69 Å². The lowest BCUT2D eigenvalue weighted by molar-refractivity contribution is 0.244. The fraction of sp³-hybridized carbons (Fsp3) is 0.611. The molecule has 0 unspecified atom stereocenters. The molecule has 0 aromatic heterocycles. The summed E-state index contributed by atoms with van der Waals surface area (Å²) in [5.74, 6) is -1.27. The average Bonchev–Trinajstić information content (AvgIpc) is 3.18. The predicted molar refractivity (Wildman–Crippen MR) is 95.1 cm³/mol. The average molecular weight is 352 g/mol. The molecule has 138 valence electrons. The largest absolute Gasteiger partial charge is 0.367 e. The second-order valence-electron chi connectivity index (χ2n) is 7.16. The molecule has 2 fully saturated rings. The van der Waals surface area contributed by atoms with Gasteiger partial charge in [0, 0.05) is 44.0 Å². The Hall–Kier alpha value is -1.89. The zero-order chi connectivity index (χ0) is 18.0. The highest BCUT2D eigenvalue weighted by molar-refractivity contribution is 5.89. The van der Waals surface area contributed by atoms with Gasteiger partial charge >= 0.3 is 6.03 Å². The van der Waals surface area contributed by atoms with Crippen molar-refractivity contribution >= 4 is 17.4 Å². The summed E-state index contributed by atoms with van der Waals surface area (Å²) in [5, 5.41) is 5.42. The lowest BCUT2D eigenvalue weighted by Crippen LogP contribution is -2.40. The molecular formula is C18H26F2N4O. The first-order chi connectivity index (χ1) is 11.9. The molecule has 25 heavy (non-hydrogen) atoms. The van der Waals surface area contributed by atoms with Crippen LogP contribution in [0.4, 0.5) is 25.0 Å². The SMILES string of the molecule is CC(C)N1CC[C@@H](NC(=O)Nc2cc(F)c(N3CCCC3)c(F)c2)C1. The van der Waals surface area contributed by atoms with E-state index in [-0.39, 0.29) is 17.4 Å². The number of benzene rings is 1. The van der Waals surface area contributed by atoms with Crippen molar-refractivity contribution in [1.82, 2.24) is 10.2 Å². The molecule has 2 aliphatic heterocycles. The third-order valence-electron chi connectivity index (χ3n) is 4.98. The minimum absolute atomic E-state index is 0.00632. The number of carbonyl (C=O) groups excluding carboxylic acids is 1. The summed E-state index contributed by atoms with van der Waals surface area (Å²) in [6, 6.07) is 2.44. The zero-order valence-corrected chi connectivity index (χ0v) is 14.8. The molecule has 3 rings (SSSR count). The number of hydrogen-bond acceptors (Lipinski definition) is 3. The molecular weight excluding hydrogens is 326 g/mol. The molecule has 2 N–H and O–H groups in total. The first-order valence-electron chi connectivity index (χ1n) is 8.99. The number of urea groups is 1. The molecule has 5 nitrogen and oxygen atoms in total. The molecule has 2 heterocycles. The van der Waals surface area contributed by atoms with Crippen LogP contribution in [0.25, 0.3) is 0 Å². The van der Waals surface area contributed by atoms with Gasteiger partial charge in [0.2, 0.25) is 0 Å². The van der Waals surface area contributed by atoms with Gasteiger partial charge in [-0.2, -0.15) is 0 Å². The minimum Gasteiger partial charge on any atom is -0.367 e. The molecule has 2 aliphatic rings. The Kier molecular flexibility index (Phi) is 5.42. The zero-order valence-electron chi connectivity index (χ0n) is 14.8. The van der Waals surface area contributed by atoms with Crippen molar-refractivity contribution in [1.29, 1.82) is 0 Å². The lowest BCUT2D eigenvalue weighted by atomic mass is 10.2. The van der Waals surface area contributed by atoms with Crippen molar-refractivity contribution in [3.8, 4) is 0 Å². The molecule has 2 amide bonds. The van der Waals surface area contributed by atoms with E-state index in [1.54, 1.807) is 4.90 Å². The van der Waals surface area contributed by atoms with Crippen molar-refractivity contribution in [2.75, 3.05) is 36.4 Å². The molecule has 0 saturated carbocycles. The van der Waals surface area contributed by atoms with Gasteiger partial charge in [-0.25, -0.2) is 13.6 Å². The van der Waals surface area contributed by atoms with Crippen LogP contribution in [-0.2, 0) is 0 Å². The number of nitrogens with zero attached hydrogens (tertiary/aromatic N) is 2. The molecule has 0 aliphatic carbocycles. The molecule has 1 aromatic rings. The maximum absolute atomic E-state index is 14.3. The van der Waals surface area contributed by atoms with E-state index in [1.165, 1.54) is 12.1 Å². The van der Waals surface area contributed by atoms with Crippen LogP contribution >= 0.6 is 0 Å². The van der Waals surface area contributed by atoms with Crippen molar-refractivity contribution in [3.63, 3.8) is 0 Å². The van der Waals surface area contributed by atoms with Crippen molar-refractivity contribution < 1.29 is 13.6 Å². The Balaban J connectivity index is 1.60. The minimum atomic E-state index is -0.635. The monoisotopic (exact) mass is 352 g/mol. The number of nitrogens with one attached hydrogen (secondary N) is 2. The van der Waals surface area contributed by atoms with Gasteiger partial charge in [-0.15, -0.1) is 0 Å². The van der Waals surface area contributed by atoms with Crippen LogP contribution in [0.1, 0.15) is 33.1 Å². The van der Waals surface area contributed by atoms with Crippen LogP contribution in [0.15, 0.2) is 12.1 Å². The predicted octanol–water partition coefficient (Wildman–Crippen LogP) is 3.17. The van der Waals surface area contributed by atoms with Crippen molar-refractivity contribution in [2.45, 2.75) is 45.2 Å². The van der Waals surface area contributed by atoms with Crippen LogP contribution in [0.2, 0.25) is 0 Å². The van der Waals surface area contributed by atoms with E-state index in [9.17, 15) is 13.6 Å². The summed E-state index contributed by atoms with van der Waals surface area (Å²) in [5.41, 5.74) is 0.140. The Morgan fingerprint density at radius 1 is 1.16 bits per heavy atom. The van der Waals surface area contributed by atoms with Crippen LogP contribution in [0, 0.1) is 11.6 Å². The maximum Gasteiger partial charge on any atom is 0.319 e. The Morgan fingerprint density at radius 2 is 1.80 bits per heavy atom. The van der Waals surface area contributed by atoms with Gasteiger partial charge in [-0.05, 0) is 45.2 Å². The van der Waals surface area contributed by atoms with Gasteiger partial charge < -0.3 is 15.5 Å². The smallest absolute Gasteiger partial charge is 0.319 e. The van der Waals surface area contributed by atoms with Crippen LogP contribution in [0.3, 0.4) is 0 Å². The van der Waals surface area contributed by atoms with Gasteiger partial charge in [0.05, 0.1) is 0 Å². The van der Waals surface area contributed by atoms with Gasteiger partial charge in [-0.1, -0.05) is 0 Å². The third kappa shape index (κ3) is 4.21. The Labute approximate surface area is 147 Å². The lowest BCUT2D eigenvalue weighted by Gasteiger charge is -2.21. The summed E-state index contributed by atoms with van der Waals surface area (Å²) in [6.07, 6.45) is 2.76. The fourth-order valence-electron chi connectivity index (χ4n) is 3.61. The van der Waals surface area contributed by atoms with Crippen LogP contribution in [0.5, 0.6) is 0 Å². The summed E-state index contributed by atoms with van der Waals surface area (Å²) in [6.45, 7) is 7.30. The molecule has 7 heteroatoms. The number of amides is 2. The second-order valence-corrected chi connectivity index (χ2v) is 7.16. The third-order valence-corrected chi connectivity index (χ3v) is 4.98. The van der Waals surface area contributed by atoms with E-state index in [2.05, 4.69) is 29.4 Å². The highest BCUT2D eigenvalue weighted by Crippen LogP contribution is 2.29. The normalized spacial score (nSPS) is 21.2. The number of anilines is 2. The molecule has 0 bridgehead atoms. The first kappa shape index (κ1) is 17.9. The molecule has 1 aromatic carbocycles. The highest BCUT2D eigenvalue weighted by Gasteiger charge is 2.26. The number of halogens is 2. The summed E-state index contributed by atoms with van der Waals surface area (Å²) in [7, 11) is 0. The fourth-order valence-corrected chi connectivity index (χ4v) is 3.61. The highest BCUT2D eigenvalue weighted by atomic mass is 19.1. The number of rotatable bonds is 4. The molecule has 2 saturated heterocycles. The van der Waals surface area contributed by atoms with Crippen LogP contribution in [-0.4, -0.2) is 49.2 Å². The number of likely N-dealkylation sites (tertiary alicyclic amines) is 1. The van der Waals surface area contributed by atoms with E-state index in [0.29, 0.717) is 19.1 Å². The van der Waals surface area contributed by atoms with Crippen molar-refractivity contribution in [2.24, 2.45) is 0 Å². The quantitative estimate of drug-likeness (QED) is 0.875. The van der Waals surface area contributed by atoms with Gasteiger partial charge in [0.15, 0.2) is 11.6 Å². The maximum atomic E-state index is 14.3. The van der Waals surface area contributed by atoms with E-state index >= 15 is 0 Å². The van der Waals surface area contributed by atoms with Gasteiger partial charge in [0.25, 0.3) is 0 Å².